The van der Waals surface area contributed by atoms with Crippen LogP contribution in [0, 0.1) is 12.3 Å². The largest absolute Gasteiger partial charge is 0.474 e. The van der Waals surface area contributed by atoms with Gasteiger partial charge in [0.1, 0.15) is 12.1 Å². The number of piperidine rings is 1. The molecule has 2 atom stereocenters. The van der Waals surface area contributed by atoms with Crippen LogP contribution in [0.3, 0.4) is 0 Å². The molecule has 2 heterocycles. The summed E-state index contributed by atoms with van der Waals surface area (Å²) in [7, 11) is 0. The van der Waals surface area contributed by atoms with E-state index in [1.165, 1.54) is 0 Å². The van der Waals surface area contributed by atoms with Crippen LogP contribution in [-0.2, 0) is 4.79 Å². The zero-order valence-electron chi connectivity index (χ0n) is 15.6. The molecule has 2 unspecified atom stereocenters. The third kappa shape index (κ3) is 5.25. The molecule has 146 valence electrons. The Morgan fingerprint density at radius 2 is 2.00 bits per heavy atom. The van der Waals surface area contributed by atoms with Crippen LogP contribution in [-0.4, -0.2) is 40.7 Å². The number of alkyl halides is 3. The van der Waals surface area contributed by atoms with Gasteiger partial charge in [-0.15, -0.1) is 0 Å². The minimum absolute atomic E-state index is 0.0116. The number of likely N-dealkylation sites (tertiary alicyclic amines) is 1. The minimum atomic E-state index is -4.50. The number of amides is 1. The van der Waals surface area contributed by atoms with Gasteiger partial charge in [0.25, 0.3) is 0 Å². The fourth-order valence-corrected chi connectivity index (χ4v) is 2.99. The first kappa shape index (κ1) is 20.3. The molecule has 0 saturated carbocycles. The fraction of sp³-hybridized carbons (Fsp3) is 0.667. The highest BCUT2D eigenvalue weighted by Gasteiger charge is 2.49. The highest BCUT2D eigenvalue weighted by atomic mass is 19.4. The molecule has 1 aliphatic heterocycles. The van der Waals surface area contributed by atoms with Crippen molar-refractivity contribution in [1.82, 2.24) is 9.88 Å². The summed E-state index contributed by atoms with van der Waals surface area (Å²) in [6.45, 7) is 7.21. The Morgan fingerprint density at radius 1 is 1.35 bits per heavy atom. The van der Waals surface area contributed by atoms with E-state index in [-0.39, 0.29) is 30.7 Å². The Balaban J connectivity index is 2.12. The molecular weight excluding hydrogens is 347 g/mol. The number of hydrogen-bond donors (Lipinski definition) is 1. The maximum atomic E-state index is 13.5. The molecule has 1 aromatic rings. The molecule has 2 rings (SSSR count). The Morgan fingerprint density at radius 3 is 2.54 bits per heavy atom. The molecular formula is C18H26F3N3O2. The average Bonchev–Trinajstić information content (AvgIpc) is 2.48. The van der Waals surface area contributed by atoms with Gasteiger partial charge in [0.15, 0.2) is 0 Å². The van der Waals surface area contributed by atoms with Gasteiger partial charge in [0, 0.05) is 31.9 Å². The Kier molecular flexibility index (Phi) is 5.73. The number of nitrogens with zero attached hydrogens (tertiary/aromatic N) is 2. The van der Waals surface area contributed by atoms with Gasteiger partial charge < -0.3 is 15.4 Å². The van der Waals surface area contributed by atoms with Gasteiger partial charge in [-0.2, -0.15) is 13.2 Å². The summed E-state index contributed by atoms with van der Waals surface area (Å²) in [5.74, 6) is -0.225. The van der Waals surface area contributed by atoms with Crippen molar-refractivity contribution in [3.8, 4) is 5.88 Å². The summed E-state index contributed by atoms with van der Waals surface area (Å²) in [5.41, 5.74) is 6.38. The molecule has 8 heteroatoms. The Bertz CT molecular complexity index is 656. The van der Waals surface area contributed by atoms with Crippen molar-refractivity contribution in [2.24, 2.45) is 5.41 Å². The van der Waals surface area contributed by atoms with Crippen LogP contribution >= 0.6 is 0 Å². The first-order valence-corrected chi connectivity index (χ1v) is 8.63. The molecule has 0 radical (unpaired) electrons. The lowest BCUT2D eigenvalue weighted by atomic mass is 9.90. The molecule has 1 aromatic heterocycles. The third-order valence-corrected chi connectivity index (χ3v) is 4.32. The van der Waals surface area contributed by atoms with Crippen LogP contribution < -0.4 is 10.5 Å². The smallest absolute Gasteiger partial charge is 0.408 e. The number of ether oxygens (including phenoxy) is 1. The number of aryl methyl sites for hydroxylation is 1. The summed E-state index contributed by atoms with van der Waals surface area (Å²) < 4.78 is 46.2. The van der Waals surface area contributed by atoms with Gasteiger partial charge in [-0.25, -0.2) is 4.98 Å². The molecule has 1 aliphatic rings. The topological polar surface area (TPSA) is 68.5 Å². The number of nitrogen functional groups attached to an aromatic ring is 1. The number of hydrogen-bond acceptors (Lipinski definition) is 4. The molecule has 5 nitrogen and oxygen atoms in total. The third-order valence-electron chi connectivity index (χ3n) is 4.32. The highest BCUT2D eigenvalue weighted by Crippen LogP contribution is 2.35. The lowest BCUT2D eigenvalue weighted by molar-refractivity contribution is -0.202. The van der Waals surface area contributed by atoms with Crippen LogP contribution in [0.1, 0.15) is 45.7 Å². The number of aromatic nitrogens is 1. The first-order valence-electron chi connectivity index (χ1n) is 8.63. The number of halogens is 3. The van der Waals surface area contributed by atoms with Crippen LogP contribution in [0.15, 0.2) is 12.1 Å². The second-order valence-electron chi connectivity index (χ2n) is 7.97. The summed E-state index contributed by atoms with van der Waals surface area (Å²) in [5, 5.41) is 0. The molecule has 1 saturated heterocycles. The summed E-state index contributed by atoms with van der Waals surface area (Å²) in [6, 6.07) is 1.31. The SMILES string of the molecule is Cc1nc(OC2CCN(C(=O)CC(C)(C)C)C(C(F)(F)F)C2)ccc1N. The zero-order chi connectivity index (χ0) is 19.7. The van der Waals surface area contributed by atoms with Crippen LogP contribution in [0.5, 0.6) is 5.88 Å². The van der Waals surface area contributed by atoms with Gasteiger partial charge in [-0.05, 0) is 18.4 Å². The molecule has 0 bridgehead atoms. The molecule has 0 aromatic carbocycles. The van der Waals surface area contributed by atoms with Gasteiger partial charge in [0.2, 0.25) is 11.8 Å². The fourth-order valence-electron chi connectivity index (χ4n) is 2.99. The van der Waals surface area contributed by atoms with Crippen molar-refractivity contribution >= 4 is 11.6 Å². The minimum Gasteiger partial charge on any atom is -0.474 e. The summed E-state index contributed by atoms with van der Waals surface area (Å²) in [6.07, 6.45) is -5.06. The van der Waals surface area contributed by atoms with Gasteiger partial charge in [0.05, 0.1) is 11.4 Å². The zero-order valence-corrected chi connectivity index (χ0v) is 15.6. The maximum Gasteiger partial charge on any atom is 0.408 e. The normalized spacial score (nSPS) is 21.6. The number of anilines is 1. The number of pyridine rings is 1. The van der Waals surface area contributed by atoms with Crippen LogP contribution in [0.2, 0.25) is 0 Å². The summed E-state index contributed by atoms with van der Waals surface area (Å²) in [4.78, 5) is 17.5. The van der Waals surface area contributed by atoms with Crippen molar-refractivity contribution in [1.29, 1.82) is 0 Å². The van der Waals surface area contributed by atoms with E-state index in [0.29, 0.717) is 17.8 Å². The quantitative estimate of drug-likeness (QED) is 0.877. The van der Waals surface area contributed by atoms with Crippen LogP contribution in [0.4, 0.5) is 18.9 Å². The summed E-state index contributed by atoms with van der Waals surface area (Å²) >= 11 is 0. The van der Waals surface area contributed by atoms with E-state index in [4.69, 9.17) is 10.5 Å². The molecule has 2 N–H and O–H groups in total. The van der Waals surface area contributed by atoms with E-state index in [9.17, 15) is 18.0 Å². The molecule has 1 fully saturated rings. The second-order valence-corrected chi connectivity index (χ2v) is 7.97. The number of carbonyl (C=O) groups excluding carboxylic acids is 1. The van der Waals surface area contributed by atoms with Crippen molar-refractivity contribution in [2.75, 3.05) is 12.3 Å². The lowest BCUT2D eigenvalue weighted by Crippen LogP contribution is -2.55. The Hall–Kier alpha value is -1.99. The van der Waals surface area contributed by atoms with E-state index in [2.05, 4.69) is 4.98 Å². The molecule has 0 spiro atoms. The van der Waals surface area contributed by atoms with Crippen LogP contribution in [0.25, 0.3) is 0 Å². The Labute approximate surface area is 151 Å². The number of nitrogens with two attached hydrogens (primary N) is 1. The standard InChI is InChI=1S/C18H26F3N3O2/c1-11-13(22)5-6-15(23-11)26-12-7-8-24(14(9-12)18(19,20)21)16(25)10-17(2,3)4/h5-6,12,14H,7-10,22H2,1-4H3. The number of rotatable bonds is 3. The van der Waals surface area contributed by atoms with E-state index in [1.807, 2.05) is 20.8 Å². The molecule has 26 heavy (non-hydrogen) atoms. The van der Waals surface area contributed by atoms with Crippen molar-refractivity contribution in [3.05, 3.63) is 17.8 Å². The predicted octanol–water partition coefficient (Wildman–Crippen LogP) is 3.71. The predicted molar refractivity (Wildman–Crippen MR) is 92.7 cm³/mol. The monoisotopic (exact) mass is 373 g/mol. The van der Waals surface area contributed by atoms with Gasteiger partial charge >= 0.3 is 6.18 Å². The maximum absolute atomic E-state index is 13.5. The van der Waals surface area contributed by atoms with Gasteiger partial charge in [-0.1, -0.05) is 20.8 Å². The van der Waals surface area contributed by atoms with Crippen molar-refractivity contribution in [3.63, 3.8) is 0 Å². The lowest BCUT2D eigenvalue weighted by Gasteiger charge is -2.41. The van der Waals surface area contributed by atoms with E-state index in [0.717, 1.165) is 4.90 Å². The van der Waals surface area contributed by atoms with E-state index >= 15 is 0 Å². The second kappa shape index (κ2) is 7.32. The molecule has 1 amide bonds. The van der Waals surface area contributed by atoms with E-state index in [1.54, 1.807) is 19.1 Å². The number of carbonyl (C=O) groups is 1. The average molecular weight is 373 g/mol. The molecule has 0 aliphatic carbocycles. The van der Waals surface area contributed by atoms with Crippen molar-refractivity contribution in [2.45, 2.75) is 65.3 Å². The van der Waals surface area contributed by atoms with E-state index < -0.39 is 24.2 Å². The highest BCUT2D eigenvalue weighted by molar-refractivity contribution is 5.77. The van der Waals surface area contributed by atoms with Gasteiger partial charge in [-0.3, -0.25) is 4.79 Å². The first-order chi connectivity index (χ1) is 11.9. The van der Waals surface area contributed by atoms with Crippen molar-refractivity contribution < 1.29 is 22.7 Å².